The van der Waals surface area contributed by atoms with Crippen LogP contribution in [0, 0.1) is 6.92 Å². The molecule has 2 N–H and O–H groups in total. The van der Waals surface area contributed by atoms with Crippen LogP contribution in [-0.4, -0.2) is 23.0 Å². The van der Waals surface area contributed by atoms with E-state index < -0.39 is 0 Å². The van der Waals surface area contributed by atoms with Gasteiger partial charge in [0.1, 0.15) is 11.6 Å². The van der Waals surface area contributed by atoms with Crippen molar-refractivity contribution in [2.24, 2.45) is 0 Å². The molecule has 0 aromatic carbocycles. The second kappa shape index (κ2) is 7.12. The predicted octanol–water partition coefficient (Wildman–Crippen LogP) is 1.04. The fourth-order valence-electron chi connectivity index (χ4n) is 2.17. The topological polar surface area (TPSA) is 82.0 Å². The number of nitrogens with zero attached hydrogens (tertiary/aromatic N) is 3. The van der Waals surface area contributed by atoms with Gasteiger partial charge in [-0.2, -0.15) is 4.57 Å². The summed E-state index contributed by atoms with van der Waals surface area (Å²) in [5.41, 5.74) is 10.2. The van der Waals surface area contributed by atoms with Crippen LogP contribution in [0.3, 0.4) is 0 Å². The Morgan fingerprint density at radius 3 is 3.00 bits per heavy atom. The number of ether oxygens (including phenoxy) is 1. The van der Waals surface area contributed by atoms with Crippen molar-refractivity contribution < 1.29 is 14.1 Å². The van der Waals surface area contributed by atoms with Crippen molar-refractivity contribution in [2.45, 2.75) is 33.2 Å². The molecular formula is C14H19N4O2S+. The van der Waals surface area contributed by atoms with Crippen LogP contribution in [0.25, 0.3) is 0 Å². The normalized spacial score (nSPS) is 10.6. The minimum absolute atomic E-state index is 0.410. The predicted molar refractivity (Wildman–Crippen MR) is 79.9 cm³/mol. The summed E-state index contributed by atoms with van der Waals surface area (Å²) in [6, 6.07) is 0. The maximum atomic E-state index is 10.2. The van der Waals surface area contributed by atoms with Crippen molar-refractivity contribution in [3.8, 4) is 0 Å². The van der Waals surface area contributed by atoms with E-state index in [2.05, 4.69) is 27.0 Å². The first-order chi connectivity index (χ1) is 10.2. The second-order valence-electron chi connectivity index (χ2n) is 4.62. The third-order valence-corrected chi connectivity index (χ3v) is 4.28. The fraction of sp³-hybridized carbons (Fsp3) is 0.429. The van der Waals surface area contributed by atoms with Crippen LogP contribution in [0.2, 0.25) is 0 Å². The number of thiazole rings is 1. The molecule has 6 nitrogen and oxygen atoms in total. The van der Waals surface area contributed by atoms with Crippen LogP contribution in [0.5, 0.6) is 0 Å². The Balaban J connectivity index is 2.17. The summed E-state index contributed by atoms with van der Waals surface area (Å²) in [5, 5.41) is 0. The number of nitrogens with two attached hydrogens (primary N) is 1. The molecule has 0 aliphatic carbocycles. The van der Waals surface area contributed by atoms with Gasteiger partial charge in [-0.3, -0.25) is 4.79 Å². The zero-order valence-corrected chi connectivity index (χ0v) is 13.0. The van der Waals surface area contributed by atoms with Gasteiger partial charge in [0, 0.05) is 19.0 Å². The van der Waals surface area contributed by atoms with Crippen molar-refractivity contribution in [1.82, 2.24) is 9.97 Å². The summed E-state index contributed by atoms with van der Waals surface area (Å²) in [7, 11) is 0. The standard InChI is InChI=1S/C14H19N4O2S/c1-3-12-13(4-5-20-9-19)21-8-18(12)7-11-6-16-10(2)17-14(11)15/h6,8-9H,3-5,7H2,1-2H3,(H2,15,16,17)/q+1. The van der Waals surface area contributed by atoms with Crippen molar-refractivity contribution >= 4 is 23.6 Å². The van der Waals surface area contributed by atoms with Gasteiger partial charge in [0.25, 0.3) is 6.47 Å². The molecule has 2 aromatic heterocycles. The molecule has 0 spiro atoms. The molecule has 0 unspecified atom stereocenters. The van der Waals surface area contributed by atoms with Crippen LogP contribution in [0.15, 0.2) is 11.7 Å². The lowest BCUT2D eigenvalue weighted by molar-refractivity contribution is -0.690. The molecule has 2 heterocycles. The Labute approximate surface area is 127 Å². The summed E-state index contributed by atoms with van der Waals surface area (Å²) >= 11 is 1.66. The molecule has 0 saturated heterocycles. The number of aryl methyl sites for hydroxylation is 1. The number of hydrogen-bond donors (Lipinski definition) is 1. The monoisotopic (exact) mass is 307 g/mol. The highest BCUT2D eigenvalue weighted by Gasteiger charge is 2.19. The Morgan fingerprint density at radius 2 is 2.33 bits per heavy atom. The summed E-state index contributed by atoms with van der Waals surface area (Å²) < 4.78 is 6.93. The molecule has 2 rings (SSSR count). The molecule has 7 heteroatoms. The van der Waals surface area contributed by atoms with Gasteiger partial charge in [-0.1, -0.05) is 18.3 Å². The van der Waals surface area contributed by atoms with Crippen LogP contribution < -0.4 is 10.3 Å². The third-order valence-electron chi connectivity index (χ3n) is 3.20. The minimum Gasteiger partial charge on any atom is -0.468 e. The summed E-state index contributed by atoms with van der Waals surface area (Å²) in [5.74, 6) is 1.20. The molecule has 0 fully saturated rings. The van der Waals surface area contributed by atoms with Gasteiger partial charge in [-0.25, -0.2) is 9.97 Å². The van der Waals surface area contributed by atoms with Gasteiger partial charge in [0.15, 0.2) is 12.2 Å². The summed E-state index contributed by atoms with van der Waals surface area (Å²) in [4.78, 5) is 19.8. The van der Waals surface area contributed by atoms with E-state index in [1.54, 1.807) is 17.5 Å². The van der Waals surface area contributed by atoms with Gasteiger partial charge in [-0.05, 0) is 6.92 Å². The van der Waals surface area contributed by atoms with E-state index in [0.29, 0.717) is 31.3 Å². The van der Waals surface area contributed by atoms with E-state index in [1.807, 2.05) is 6.92 Å². The molecule has 21 heavy (non-hydrogen) atoms. The van der Waals surface area contributed by atoms with Gasteiger partial charge >= 0.3 is 0 Å². The Bertz CT molecular complexity index is 627. The van der Waals surface area contributed by atoms with Gasteiger partial charge in [0.05, 0.1) is 17.0 Å². The van der Waals surface area contributed by atoms with E-state index in [0.717, 1.165) is 18.4 Å². The highest BCUT2D eigenvalue weighted by Crippen LogP contribution is 2.15. The van der Waals surface area contributed by atoms with Crippen LogP contribution in [-0.2, 0) is 28.9 Å². The zero-order valence-electron chi connectivity index (χ0n) is 12.2. The van der Waals surface area contributed by atoms with Crippen LogP contribution in [0.1, 0.15) is 28.9 Å². The average molecular weight is 307 g/mol. The maximum Gasteiger partial charge on any atom is 0.293 e. The Morgan fingerprint density at radius 1 is 1.52 bits per heavy atom. The Kier molecular flexibility index (Phi) is 5.21. The van der Waals surface area contributed by atoms with Crippen molar-refractivity contribution in [2.75, 3.05) is 12.3 Å². The van der Waals surface area contributed by atoms with Crippen LogP contribution in [0.4, 0.5) is 5.82 Å². The molecule has 2 aromatic rings. The van der Waals surface area contributed by atoms with Gasteiger partial charge < -0.3 is 10.5 Å². The molecule has 0 saturated carbocycles. The first-order valence-corrected chi connectivity index (χ1v) is 7.65. The fourth-order valence-corrected chi connectivity index (χ4v) is 3.23. The van der Waals surface area contributed by atoms with Crippen LogP contribution >= 0.6 is 11.3 Å². The number of anilines is 1. The SMILES string of the molecule is CCc1c(CCOC=O)sc[n+]1Cc1cnc(C)nc1N. The van der Waals surface area contributed by atoms with E-state index in [-0.39, 0.29) is 0 Å². The Hall–Kier alpha value is -2.02. The molecule has 0 bridgehead atoms. The largest absolute Gasteiger partial charge is 0.468 e. The summed E-state index contributed by atoms with van der Waals surface area (Å²) in [6.45, 7) is 5.48. The van der Waals surface area contributed by atoms with Crippen molar-refractivity contribution in [3.63, 3.8) is 0 Å². The third kappa shape index (κ3) is 3.75. The minimum atomic E-state index is 0.410. The number of nitrogen functional groups attached to an aromatic ring is 1. The number of carbonyl (C=O) groups is 1. The molecule has 0 aliphatic heterocycles. The number of aromatic nitrogens is 3. The molecule has 0 atom stereocenters. The first-order valence-electron chi connectivity index (χ1n) is 6.77. The van der Waals surface area contributed by atoms with E-state index in [4.69, 9.17) is 10.5 Å². The first kappa shape index (κ1) is 15.4. The van der Waals surface area contributed by atoms with Crippen molar-refractivity contribution in [3.05, 3.63) is 33.7 Å². The second-order valence-corrected chi connectivity index (χ2v) is 5.56. The molecule has 0 aliphatic rings. The molecule has 112 valence electrons. The highest BCUT2D eigenvalue weighted by molar-refractivity contribution is 7.09. The molecule has 0 amide bonds. The lowest BCUT2D eigenvalue weighted by Crippen LogP contribution is -2.37. The van der Waals surface area contributed by atoms with E-state index in [1.165, 1.54) is 10.6 Å². The van der Waals surface area contributed by atoms with Gasteiger partial charge in [0.2, 0.25) is 5.51 Å². The van der Waals surface area contributed by atoms with E-state index in [9.17, 15) is 4.79 Å². The lowest BCUT2D eigenvalue weighted by atomic mass is 10.2. The summed E-state index contributed by atoms with van der Waals surface area (Å²) in [6.07, 6.45) is 3.42. The number of carbonyl (C=O) groups excluding carboxylic acids is 1. The average Bonchev–Trinajstić information content (AvgIpc) is 2.84. The van der Waals surface area contributed by atoms with E-state index >= 15 is 0 Å². The quantitative estimate of drug-likeness (QED) is 0.469. The maximum absolute atomic E-state index is 10.2. The number of hydrogen-bond acceptors (Lipinski definition) is 6. The smallest absolute Gasteiger partial charge is 0.293 e. The zero-order chi connectivity index (χ0) is 15.2. The molecule has 0 radical (unpaired) electrons. The highest BCUT2D eigenvalue weighted by atomic mass is 32.1. The van der Waals surface area contributed by atoms with Crippen molar-refractivity contribution in [1.29, 1.82) is 0 Å². The molecular weight excluding hydrogens is 288 g/mol. The number of rotatable bonds is 7. The lowest BCUT2D eigenvalue weighted by Gasteiger charge is -2.03. The van der Waals surface area contributed by atoms with Gasteiger partial charge in [-0.15, -0.1) is 0 Å².